The number of nitrogens with one attached hydrogen (secondary N) is 2. The van der Waals surface area contributed by atoms with E-state index < -0.39 is 29.6 Å². The van der Waals surface area contributed by atoms with Gasteiger partial charge < -0.3 is 19.2 Å². The molecule has 1 atom stereocenters. The molecule has 0 unspecified atom stereocenters. The summed E-state index contributed by atoms with van der Waals surface area (Å²) in [4.78, 5) is 36.5. The van der Waals surface area contributed by atoms with E-state index >= 15 is 0 Å². The number of hydrogen-bond acceptors (Lipinski definition) is 6. The minimum atomic E-state index is -1.19. The molecule has 0 aliphatic carbocycles. The monoisotopic (exact) mass is 390 g/mol. The van der Waals surface area contributed by atoms with Gasteiger partial charge in [0.25, 0.3) is 5.91 Å². The van der Waals surface area contributed by atoms with Gasteiger partial charge in [0, 0.05) is 23.1 Å². The lowest BCUT2D eigenvalue weighted by Gasteiger charge is -2.21. The molecular formula is C20H26N2O6. The van der Waals surface area contributed by atoms with Crippen molar-refractivity contribution >= 4 is 28.9 Å². The summed E-state index contributed by atoms with van der Waals surface area (Å²) in [5.74, 6) is -1.56. The van der Waals surface area contributed by atoms with E-state index in [9.17, 15) is 14.4 Å². The van der Waals surface area contributed by atoms with Gasteiger partial charge in [0.2, 0.25) is 5.76 Å². The third-order valence-corrected chi connectivity index (χ3v) is 3.71. The number of furan rings is 1. The van der Waals surface area contributed by atoms with E-state index in [4.69, 9.17) is 13.9 Å². The molecule has 2 rings (SSSR count). The van der Waals surface area contributed by atoms with Crippen LogP contribution in [0.5, 0.6) is 0 Å². The highest BCUT2D eigenvalue weighted by Crippen LogP contribution is 2.27. The van der Waals surface area contributed by atoms with E-state index in [2.05, 4.69) is 10.6 Å². The Morgan fingerprint density at radius 3 is 2.50 bits per heavy atom. The average molecular weight is 390 g/mol. The number of carbonyl (C=O) groups is 3. The maximum absolute atomic E-state index is 12.6. The number of ether oxygens (including phenoxy) is 2. The Morgan fingerprint density at radius 2 is 1.86 bits per heavy atom. The number of carbonyl (C=O) groups excluding carboxylic acids is 3. The van der Waals surface area contributed by atoms with Crippen molar-refractivity contribution in [2.45, 2.75) is 52.9 Å². The molecule has 0 spiro atoms. The fourth-order valence-corrected chi connectivity index (χ4v) is 2.46. The number of para-hydroxylation sites is 1. The Labute approximate surface area is 163 Å². The van der Waals surface area contributed by atoms with Crippen molar-refractivity contribution in [3.8, 4) is 0 Å². The van der Waals surface area contributed by atoms with Gasteiger partial charge in [0.1, 0.15) is 5.58 Å². The summed E-state index contributed by atoms with van der Waals surface area (Å²) in [5, 5.41) is 5.48. The smallest absolute Gasteiger partial charge is 0.375 e. The third kappa shape index (κ3) is 5.56. The second kappa shape index (κ2) is 8.88. The Morgan fingerprint density at radius 1 is 1.18 bits per heavy atom. The lowest BCUT2D eigenvalue weighted by atomic mass is 10.1. The van der Waals surface area contributed by atoms with Gasteiger partial charge in [0.05, 0.1) is 6.61 Å². The highest BCUT2D eigenvalue weighted by molar-refractivity contribution is 6.00. The minimum absolute atomic E-state index is 0.0200. The predicted molar refractivity (Wildman–Crippen MR) is 103 cm³/mol. The van der Waals surface area contributed by atoms with Crippen LogP contribution in [0.1, 0.15) is 50.7 Å². The molecule has 0 aliphatic rings. The van der Waals surface area contributed by atoms with Crippen LogP contribution >= 0.6 is 0 Å². The van der Waals surface area contributed by atoms with Gasteiger partial charge in [-0.15, -0.1) is 0 Å². The van der Waals surface area contributed by atoms with Crippen LogP contribution in [0.2, 0.25) is 0 Å². The van der Waals surface area contributed by atoms with E-state index in [0.717, 1.165) is 5.39 Å². The van der Waals surface area contributed by atoms with Gasteiger partial charge in [-0.1, -0.05) is 18.2 Å². The lowest BCUT2D eigenvalue weighted by molar-refractivity contribution is -0.128. The molecule has 0 saturated carbocycles. The van der Waals surface area contributed by atoms with Crippen LogP contribution < -0.4 is 10.6 Å². The largest absolute Gasteiger partial charge is 0.449 e. The molecule has 1 aromatic heterocycles. The van der Waals surface area contributed by atoms with Crippen LogP contribution in [0.15, 0.2) is 28.7 Å². The van der Waals surface area contributed by atoms with Crippen LogP contribution in [0.4, 0.5) is 4.79 Å². The summed E-state index contributed by atoms with van der Waals surface area (Å²) in [6.07, 6.45) is -1.19. The lowest BCUT2D eigenvalue weighted by Crippen LogP contribution is -2.50. The Bertz CT molecular complexity index is 865. The number of amides is 3. The van der Waals surface area contributed by atoms with Crippen molar-refractivity contribution < 1.29 is 28.3 Å². The number of rotatable bonds is 6. The number of hydrogen-bond donors (Lipinski definition) is 2. The Balaban J connectivity index is 2.11. The molecule has 0 bridgehead atoms. The molecule has 2 N–H and O–H groups in total. The number of fused-ring (bicyclic) bond motifs is 1. The van der Waals surface area contributed by atoms with Gasteiger partial charge in [-0.05, 0) is 40.7 Å². The van der Waals surface area contributed by atoms with Gasteiger partial charge in [0.15, 0.2) is 6.10 Å². The van der Waals surface area contributed by atoms with E-state index in [0.29, 0.717) is 17.8 Å². The fourth-order valence-electron chi connectivity index (χ4n) is 2.46. The molecule has 2 aromatic rings. The molecule has 152 valence electrons. The predicted octanol–water partition coefficient (Wildman–Crippen LogP) is 3.14. The molecule has 8 nitrogen and oxygen atoms in total. The van der Waals surface area contributed by atoms with Crippen LogP contribution in [0.25, 0.3) is 11.0 Å². The van der Waals surface area contributed by atoms with E-state index in [1.165, 1.54) is 6.92 Å². The van der Waals surface area contributed by atoms with Crippen LogP contribution in [0, 0.1) is 0 Å². The first kappa shape index (κ1) is 21.4. The second-order valence-corrected chi connectivity index (χ2v) is 7.28. The van der Waals surface area contributed by atoms with E-state index in [1.54, 1.807) is 32.9 Å². The number of urea groups is 1. The summed E-state index contributed by atoms with van der Waals surface area (Å²) in [7, 11) is 0. The van der Waals surface area contributed by atoms with Crippen LogP contribution in [-0.4, -0.2) is 36.2 Å². The standard InChI is InChI=1S/C20H26N2O6/c1-6-26-11-14-13-9-7-8-10-15(13)28-16(14)18(24)27-12(2)17(23)21-19(25)22-20(3,4)5/h7-10,12H,6,11H2,1-5H3,(H2,21,22,23,25)/t12-/m1/s1. The maximum Gasteiger partial charge on any atom is 0.375 e. The molecule has 1 heterocycles. The van der Waals surface area contributed by atoms with E-state index in [1.807, 2.05) is 19.1 Å². The molecule has 0 aliphatic heterocycles. The zero-order valence-electron chi connectivity index (χ0n) is 16.8. The van der Waals surface area contributed by atoms with Gasteiger partial charge >= 0.3 is 12.0 Å². The summed E-state index contributed by atoms with van der Waals surface area (Å²) >= 11 is 0. The zero-order chi connectivity index (χ0) is 20.9. The minimum Gasteiger partial charge on any atom is -0.449 e. The van der Waals surface area contributed by atoms with Gasteiger partial charge in [-0.3, -0.25) is 10.1 Å². The number of imide groups is 1. The van der Waals surface area contributed by atoms with Crippen molar-refractivity contribution in [3.05, 3.63) is 35.6 Å². The highest BCUT2D eigenvalue weighted by atomic mass is 16.6. The first-order valence-electron chi connectivity index (χ1n) is 9.04. The Kier molecular flexibility index (Phi) is 6.80. The molecule has 3 amide bonds. The maximum atomic E-state index is 12.6. The molecule has 28 heavy (non-hydrogen) atoms. The van der Waals surface area contributed by atoms with Crippen molar-refractivity contribution in [3.63, 3.8) is 0 Å². The van der Waals surface area contributed by atoms with Crippen molar-refractivity contribution in [2.75, 3.05) is 6.61 Å². The highest BCUT2D eigenvalue weighted by Gasteiger charge is 2.27. The quantitative estimate of drug-likeness (QED) is 0.734. The van der Waals surface area contributed by atoms with Crippen molar-refractivity contribution in [1.29, 1.82) is 0 Å². The molecule has 8 heteroatoms. The molecule has 1 aromatic carbocycles. The first-order chi connectivity index (χ1) is 13.1. The van der Waals surface area contributed by atoms with Crippen molar-refractivity contribution in [1.82, 2.24) is 10.6 Å². The molecular weight excluding hydrogens is 364 g/mol. The molecule has 0 saturated heterocycles. The molecule has 0 fully saturated rings. The van der Waals surface area contributed by atoms with Crippen LogP contribution in [0.3, 0.4) is 0 Å². The van der Waals surface area contributed by atoms with Crippen molar-refractivity contribution in [2.24, 2.45) is 0 Å². The summed E-state index contributed by atoms with van der Waals surface area (Å²) < 4.78 is 16.2. The number of benzene rings is 1. The fraction of sp³-hybridized carbons (Fsp3) is 0.450. The summed E-state index contributed by atoms with van der Waals surface area (Å²) in [6.45, 7) is 9.20. The SMILES string of the molecule is CCOCc1c(C(=O)O[C@H](C)C(=O)NC(=O)NC(C)(C)C)oc2ccccc12. The first-order valence-corrected chi connectivity index (χ1v) is 9.04. The third-order valence-electron chi connectivity index (χ3n) is 3.71. The average Bonchev–Trinajstić information content (AvgIpc) is 2.96. The topological polar surface area (TPSA) is 107 Å². The summed E-state index contributed by atoms with van der Waals surface area (Å²) in [5.41, 5.74) is 0.568. The number of esters is 1. The zero-order valence-corrected chi connectivity index (χ0v) is 16.8. The summed E-state index contributed by atoms with van der Waals surface area (Å²) in [6, 6.07) is 6.49. The Hall–Kier alpha value is -2.87. The van der Waals surface area contributed by atoms with Crippen LogP contribution in [-0.2, 0) is 20.9 Å². The van der Waals surface area contributed by atoms with Gasteiger partial charge in [-0.2, -0.15) is 0 Å². The normalized spacial score (nSPS) is 12.5. The second-order valence-electron chi connectivity index (χ2n) is 7.28. The van der Waals surface area contributed by atoms with E-state index in [-0.39, 0.29) is 12.4 Å². The molecule has 0 radical (unpaired) electrons. The van der Waals surface area contributed by atoms with Gasteiger partial charge in [-0.25, -0.2) is 9.59 Å².